The van der Waals surface area contributed by atoms with Gasteiger partial charge in [-0.15, -0.1) is 0 Å². The maximum atomic E-state index is 13.6. The molecule has 5 rings (SSSR count). The first-order valence-electron chi connectivity index (χ1n) is 12.1. The minimum absolute atomic E-state index is 0.0326. The topological polar surface area (TPSA) is 90.1 Å². The van der Waals surface area contributed by atoms with E-state index >= 15 is 0 Å². The number of ether oxygens (including phenoxy) is 1. The van der Waals surface area contributed by atoms with Crippen molar-refractivity contribution in [3.63, 3.8) is 0 Å². The number of nitrogens with zero attached hydrogens (tertiary/aromatic N) is 3. The molecule has 3 N–H and O–H groups in total. The van der Waals surface area contributed by atoms with Gasteiger partial charge in [0.25, 0.3) is 5.91 Å². The molecular weight excluding hydrogens is 469 g/mol. The molecule has 1 aromatic heterocycles. The minimum atomic E-state index is -0.479. The number of hydrogen-bond acceptors (Lipinski definition) is 5. The average Bonchev–Trinajstić information content (AvgIpc) is 3.52. The van der Waals surface area contributed by atoms with Crippen LogP contribution in [0.4, 0.5) is 15.9 Å². The zero-order valence-corrected chi connectivity index (χ0v) is 20.5. The maximum absolute atomic E-state index is 13.6. The van der Waals surface area contributed by atoms with Crippen LogP contribution in [0.5, 0.6) is 5.75 Å². The van der Waals surface area contributed by atoms with Gasteiger partial charge in [0.05, 0.1) is 30.2 Å². The maximum Gasteiger partial charge on any atom is 0.275 e. The highest BCUT2D eigenvalue weighted by Crippen LogP contribution is 2.42. The van der Waals surface area contributed by atoms with E-state index in [1.165, 1.54) is 31.3 Å². The molecular formula is C26H30ClFN5O2+. The zero-order chi connectivity index (χ0) is 24.6. The Hall–Kier alpha value is -2.97. The summed E-state index contributed by atoms with van der Waals surface area (Å²) in [5.41, 5.74) is 8.27. The van der Waals surface area contributed by atoms with Crippen LogP contribution in [-0.2, 0) is 11.3 Å². The van der Waals surface area contributed by atoms with Crippen molar-refractivity contribution in [2.75, 3.05) is 19.0 Å². The highest BCUT2D eigenvalue weighted by atomic mass is 35.5. The van der Waals surface area contributed by atoms with Gasteiger partial charge in [0.15, 0.2) is 6.04 Å². The van der Waals surface area contributed by atoms with Crippen molar-refractivity contribution in [1.82, 2.24) is 9.97 Å². The van der Waals surface area contributed by atoms with Crippen molar-refractivity contribution in [3.8, 4) is 5.75 Å². The van der Waals surface area contributed by atoms with E-state index in [-0.39, 0.29) is 17.0 Å². The molecule has 0 bridgehead atoms. The van der Waals surface area contributed by atoms with Gasteiger partial charge in [-0.3, -0.25) is 4.79 Å². The zero-order valence-electron chi connectivity index (χ0n) is 19.8. The first-order valence-corrected chi connectivity index (χ1v) is 12.5. The lowest BCUT2D eigenvalue weighted by molar-refractivity contribution is -0.965. The fourth-order valence-electron chi connectivity index (χ4n) is 6.13. The van der Waals surface area contributed by atoms with Gasteiger partial charge in [-0.2, -0.15) is 0 Å². The third-order valence-electron chi connectivity index (χ3n) is 7.74. The van der Waals surface area contributed by atoms with E-state index in [2.05, 4.69) is 15.3 Å². The smallest absolute Gasteiger partial charge is 0.275 e. The number of nitrogens with one attached hydrogen (secondary N) is 1. The molecule has 3 aromatic rings. The van der Waals surface area contributed by atoms with E-state index in [0.717, 1.165) is 54.4 Å². The number of methoxy groups -OCH3 is 1. The van der Waals surface area contributed by atoms with Crippen LogP contribution in [0.3, 0.4) is 0 Å². The van der Waals surface area contributed by atoms with Gasteiger partial charge >= 0.3 is 0 Å². The molecule has 2 atom stereocenters. The predicted molar refractivity (Wildman–Crippen MR) is 134 cm³/mol. The number of likely N-dealkylation sites (tertiary alicyclic amines) is 1. The number of fused-ring (bicyclic) bond motifs is 1. The summed E-state index contributed by atoms with van der Waals surface area (Å²) in [5, 5.41) is 4.08. The van der Waals surface area contributed by atoms with Crippen LogP contribution in [0, 0.1) is 5.82 Å². The molecule has 1 amide bonds. The van der Waals surface area contributed by atoms with Gasteiger partial charge in [-0.05, 0) is 49.9 Å². The van der Waals surface area contributed by atoms with Crippen molar-refractivity contribution in [2.24, 2.45) is 5.73 Å². The molecule has 1 aliphatic heterocycles. The molecule has 0 spiro atoms. The molecule has 1 saturated heterocycles. The van der Waals surface area contributed by atoms with Gasteiger partial charge in [0.1, 0.15) is 30.3 Å². The summed E-state index contributed by atoms with van der Waals surface area (Å²) >= 11 is 5.97. The first kappa shape index (κ1) is 23.8. The molecule has 184 valence electrons. The molecule has 2 fully saturated rings. The van der Waals surface area contributed by atoms with Crippen LogP contribution in [0.25, 0.3) is 10.9 Å². The SMILES string of the molecule is COc1cc2ncnc(Nc3ccc(F)c(Cl)c3)c2cc1C[N+]1(C2CCCC2)CCC[C@@H]1C(N)=O. The molecule has 2 aliphatic rings. The van der Waals surface area contributed by atoms with E-state index in [1.807, 2.05) is 12.1 Å². The molecule has 7 nitrogen and oxygen atoms in total. The second-order valence-electron chi connectivity index (χ2n) is 9.64. The summed E-state index contributed by atoms with van der Waals surface area (Å²) in [7, 11) is 1.65. The van der Waals surface area contributed by atoms with Crippen molar-refractivity contribution < 1.29 is 18.4 Å². The van der Waals surface area contributed by atoms with E-state index < -0.39 is 5.82 Å². The Balaban J connectivity index is 1.58. The number of halogens is 2. The lowest BCUT2D eigenvalue weighted by Gasteiger charge is -2.44. The van der Waals surface area contributed by atoms with E-state index in [4.69, 9.17) is 22.1 Å². The minimum Gasteiger partial charge on any atom is -0.496 e. The lowest BCUT2D eigenvalue weighted by atomic mass is 10.0. The van der Waals surface area contributed by atoms with Crippen molar-refractivity contribution in [2.45, 2.75) is 57.2 Å². The number of quaternary nitrogens is 1. The summed E-state index contributed by atoms with van der Waals surface area (Å²) in [4.78, 5) is 21.4. The van der Waals surface area contributed by atoms with Gasteiger partial charge in [0.2, 0.25) is 0 Å². The fraction of sp³-hybridized carbons (Fsp3) is 0.423. The molecule has 0 radical (unpaired) electrons. The summed E-state index contributed by atoms with van der Waals surface area (Å²) in [6, 6.07) is 8.64. The van der Waals surface area contributed by atoms with Gasteiger partial charge < -0.3 is 20.3 Å². The molecule has 1 aliphatic carbocycles. The Morgan fingerprint density at radius 2 is 2.00 bits per heavy atom. The van der Waals surface area contributed by atoms with E-state index in [0.29, 0.717) is 28.6 Å². The third kappa shape index (κ3) is 4.41. The second kappa shape index (κ2) is 9.59. The number of hydrogen-bond donors (Lipinski definition) is 2. The quantitative estimate of drug-likeness (QED) is 0.443. The number of carbonyl (C=O) groups is 1. The Morgan fingerprint density at radius 1 is 1.20 bits per heavy atom. The number of benzene rings is 2. The number of primary amides is 1. The van der Waals surface area contributed by atoms with Crippen LogP contribution in [-0.4, -0.2) is 46.1 Å². The van der Waals surface area contributed by atoms with Gasteiger partial charge in [-0.25, -0.2) is 14.4 Å². The highest BCUT2D eigenvalue weighted by Gasteiger charge is 2.51. The number of nitrogens with two attached hydrogens (primary N) is 1. The number of amides is 1. The molecule has 2 aromatic carbocycles. The number of anilines is 2. The molecule has 1 saturated carbocycles. The summed E-state index contributed by atoms with van der Waals surface area (Å²) in [6.45, 7) is 1.60. The molecule has 9 heteroatoms. The van der Waals surface area contributed by atoms with Crippen molar-refractivity contribution >= 4 is 39.9 Å². The number of rotatable bonds is 7. The van der Waals surface area contributed by atoms with Crippen LogP contribution in [0.1, 0.15) is 44.1 Å². The second-order valence-corrected chi connectivity index (χ2v) is 10.0. The van der Waals surface area contributed by atoms with E-state index in [9.17, 15) is 9.18 Å². The van der Waals surface area contributed by atoms with Gasteiger partial charge in [0, 0.05) is 35.5 Å². The monoisotopic (exact) mass is 498 g/mol. The Kier molecular flexibility index (Phi) is 6.51. The summed E-state index contributed by atoms with van der Waals surface area (Å²) < 4.78 is 20.1. The Labute approximate surface area is 209 Å². The number of carbonyl (C=O) groups excluding carboxylic acids is 1. The number of aromatic nitrogens is 2. The normalized spacial score (nSPS) is 22.5. The first-order chi connectivity index (χ1) is 16.9. The molecule has 2 heterocycles. The van der Waals surface area contributed by atoms with E-state index in [1.54, 1.807) is 13.2 Å². The fourth-order valence-corrected chi connectivity index (χ4v) is 6.31. The van der Waals surface area contributed by atoms with Crippen molar-refractivity contribution in [1.29, 1.82) is 0 Å². The summed E-state index contributed by atoms with van der Waals surface area (Å²) in [5.74, 6) is 0.625. The highest BCUT2D eigenvalue weighted by molar-refractivity contribution is 6.31. The Bertz CT molecular complexity index is 1270. The van der Waals surface area contributed by atoms with Crippen LogP contribution >= 0.6 is 11.6 Å². The lowest BCUT2D eigenvalue weighted by Crippen LogP contribution is -2.60. The van der Waals surface area contributed by atoms with Crippen molar-refractivity contribution in [3.05, 3.63) is 53.1 Å². The van der Waals surface area contributed by atoms with Gasteiger partial charge in [-0.1, -0.05) is 11.6 Å². The predicted octanol–water partition coefficient (Wildman–Crippen LogP) is 5.08. The average molecular weight is 499 g/mol. The van der Waals surface area contributed by atoms with Crippen LogP contribution in [0.2, 0.25) is 5.02 Å². The molecule has 35 heavy (non-hydrogen) atoms. The molecule has 1 unspecified atom stereocenters. The standard InChI is InChI=1S/C26H29ClFN5O2/c1-35-24-13-22-19(26(31-15-30-22)32-17-8-9-21(28)20(27)12-17)11-16(24)14-33(18-5-2-3-6-18)10-4-7-23(33)25(29)34/h8-9,11-13,15,18,23H,2-7,10,14H2,1H3,(H2-,29,30,31,32,34)/p+1/t23-,33?/m1/s1. The van der Waals surface area contributed by atoms with Crippen LogP contribution < -0.4 is 15.8 Å². The largest absolute Gasteiger partial charge is 0.496 e. The van der Waals surface area contributed by atoms with Crippen LogP contribution in [0.15, 0.2) is 36.7 Å². The third-order valence-corrected chi connectivity index (χ3v) is 8.03. The Morgan fingerprint density at radius 3 is 2.71 bits per heavy atom. The summed E-state index contributed by atoms with van der Waals surface area (Å²) in [6.07, 6.45) is 7.89.